The van der Waals surface area contributed by atoms with Crippen molar-refractivity contribution in [3.05, 3.63) is 0 Å². The van der Waals surface area contributed by atoms with Crippen LogP contribution in [0.1, 0.15) is 6.92 Å². The van der Waals surface area contributed by atoms with Crippen molar-refractivity contribution in [3.8, 4) is 0 Å². The summed E-state index contributed by atoms with van der Waals surface area (Å²) >= 11 is 2.98. The van der Waals surface area contributed by atoms with Gasteiger partial charge in [-0.05, 0) is 12.0 Å². The van der Waals surface area contributed by atoms with Crippen LogP contribution in [0, 0.1) is 5.41 Å². The maximum Gasteiger partial charge on any atom is 0.320 e. The van der Waals surface area contributed by atoms with Gasteiger partial charge in [0.2, 0.25) is 0 Å². The first-order chi connectivity index (χ1) is 6.20. The topological polar surface area (TPSA) is 65.0 Å². The van der Waals surface area contributed by atoms with Crippen molar-refractivity contribution >= 4 is 34.7 Å². The number of carbonyl (C=O) groups is 1. The summed E-state index contributed by atoms with van der Waals surface area (Å²) in [6, 6.07) is -0.295. The van der Waals surface area contributed by atoms with Crippen LogP contribution in [-0.4, -0.2) is 35.5 Å². The third-order valence-electron chi connectivity index (χ3n) is 1.17. The summed E-state index contributed by atoms with van der Waals surface area (Å²) < 4.78 is 0. The van der Waals surface area contributed by atoms with Crippen molar-refractivity contribution in [2.75, 3.05) is 24.3 Å². The van der Waals surface area contributed by atoms with Gasteiger partial charge in [0.15, 0.2) is 5.17 Å². The van der Waals surface area contributed by atoms with Crippen molar-refractivity contribution in [3.63, 3.8) is 0 Å². The third kappa shape index (κ3) is 7.98. The van der Waals surface area contributed by atoms with E-state index in [9.17, 15) is 4.79 Å². The lowest BCUT2D eigenvalue weighted by Gasteiger charge is -2.05. The number of urea groups is 1. The second kappa shape index (κ2) is 8.25. The van der Waals surface area contributed by atoms with Gasteiger partial charge in [0.05, 0.1) is 0 Å². The summed E-state index contributed by atoms with van der Waals surface area (Å²) in [5.74, 6) is 1.97. The normalized spacial score (nSPS) is 9.38. The molecule has 0 aliphatic carbocycles. The number of amides is 2. The number of amidine groups is 1. The van der Waals surface area contributed by atoms with Crippen LogP contribution in [0.4, 0.5) is 4.79 Å². The molecule has 13 heavy (non-hydrogen) atoms. The zero-order chi connectivity index (χ0) is 10.1. The fourth-order valence-electron chi connectivity index (χ4n) is 0.579. The third-order valence-corrected chi connectivity index (χ3v) is 2.58. The molecular weight excluding hydrogens is 206 g/mol. The molecule has 0 saturated heterocycles. The summed E-state index contributed by atoms with van der Waals surface area (Å²) in [5.41, 5.74) is 0. The zero-order valence-electron chi connectivity index (χ0n) is 7.85. The molecule has 3 N–H and O–H groups in total. The minimum absolute atomic E-state index is 0.167. The van der Waals surface area contributed by atoms with Crippen LogP contribution in [0.15, 0.2) is 0 Å². The Bertz CT molecular complexity index is 175. The van der Waals surface area contributed by atoms with E-state index in [1.807, 2.05) is 0 Å². The fourth-order valence-corrected chi connectivity index (χ4v) is 1.31. The average molecular weight is 221 g/mol. The van der Waals surface area contributed by atoms with Crippen LogP contribution in [0.25, 0.3) is 0 Å². The molecular formula is C7H15N3OS2. The number of rotatable bonds is 4. The van der Waals surface area contributed by atoms with E-state index in [0.29, 0.717) is 6.54 Å². The Labute approximate surface area is 87.1 Å². The molecule has 0 radical (unpaired) electrons. The van der Waals surface area contributed by atoms with E-state index >= 15 is 0 Å². The Morgan fingerprint density at radius 2 is 2.23 bits per heavy atom. The monoisotopic (exact) mass is 221 g/mol. The second-order valence-corrected chi connectivity index (χ2v) is 4.32. The highest BCUT2D eigenvalue weighted by Crippen LogP contribution is 1.95. The van der Waals surface area contributed by atoms with Gasteiger partial charge >= 0.3 is 6.03 Å². The molecule has 0 unspecified atom stereocenters. The van der Waals surface area contributed by atoms with Crippen molar-refractivity contribution in [2.45, 2.75) is 6.92 Å². The lowest BCUT2D eigenvalue weighted by atomic mass is 10.7. The number of hydrogen-bond acceptors (Lipinski definition) is 4. The summed E-state index contributed by atoms with van der Waals surface area (Å²) in [4.78, 5) is 11.0. The van der Waals surface area contributed by atoms with Crippen LogP contribution >= 0.6 is 23.5 Å². The number of nitrogens with one attached hydrogen (secondary N) is 3. The molecule has 0 aliphatic heterocycles. The predicted octanol–water partition coefficient (Wildman–Crippen LogP) is 1.34. The van der Waals surface area contributed by atoms with Gasteiger partial charge in [-0.3, -0.25) is 10.7 Å². The van der Waals surface area contributed by atoms with E-state index in [0.717, 1.165) is 11.5 Å². The molecule has 4 nitrogen and oxygen atoms in total. The maximum atomic E-state index is 11.0. The van der Waals surface area contributed by atoms with Crippen LogP contribution in [0.3, 0.4) is 0 Å². The molecule has 0 saturated carbocycles. The minimum Gasteiger partial charge on any atom is -0.337 e. The number of carbonyl (C=O) groups excluding carboxylic acids is 1. The SMILES string of the molecule is CCSCCNC(=O)NC(=N)SC. The molecule has 76 valence electrons. The van der Waals surface area contributed by atoms with Crippen LogP contribution in [-0.2, 0) is 0 Å². The smallest absolute Gasteiger partial charge is 0.320 e. The first-order valence-corrected chi connectivity index (χ1v) is 6.33. The molecule has 0 aliphatic rings. The van der Waals surface area contributed by atoms with E-state index in [1.54, 1.807) is 18.0 Å². The second-order valence-electron chi connectivity index (χ2n) is 2.11. The van der Waals surface area contributed by atoms with Crippen molar-refractivity contribution < 1.29 is 4.79 Å². The van der Waals surface area contributed by atoms with E-state index in [1.165, 1.54) is 11.8 Å². The lowest BCUT2D eigenvalue weighted by Crippen LogP contribution is -2.38. The number of hydrogen-bond donors (Lipinski definition) is 3. The number of thioether (sulfide) groups is 2. The average Bonchev–Trinajstić information content (AvgIpc) is 2.12. The van der Waals surface area contributed by atoms with Gasteiger partial charge < -0.3 is 5.32 Å². The Morgan fingerprint density at radius 1 is 1.54 bits per heavy atom. The molecule has 0 spiro atoms. The Balaban J connectivity index is 3.35. The standard InChI is InChI=1S/C7H15N3OS2/c1-3-13-5-4-9-7(11)10-6(8)12-2/h3-5H2,1-2H3,(H3,8,9,10,11). The molecule has 0 heterocycles. The van der Waals surface area contributed by atoms with Gasteiger partial charge in [-0.15, -0.1) is 0 Å². The van der Waals surface area contributed by atoms with E-state index in [2.05, 4.69) is 17.6 Å². The van der Waals surface area contributed by atoms with Crippen molar-refractivity contribution in [1.82, 2.24) is 10.6 Å². The minimum atomic E-state index is -0.295. The molecule has 6 heteroatoms. The van der Waals surface area contributed by atoms with Gasteiger partial charge in [0, 0.05) is 12.3 Å². The summed E-state index contributed by atoms with van der Waals surface area (Å²) in [6.45, 7) is 2.72. The molecule has 0 bridgehead atoms. The first kappa shape index (κ1) is 12.6. The maximum absolute atomic E-state index is 11.0. The molecule has 0 rings (SSSR count). The fraction of sp³-hybridized carbons (Fsp3) is 0.714. The highest BCUT2D eigenvalue weighted by Gasteiger charge is 2.00. The summed E-state index contributed by atoms with van der Waals surface area (Å²) in [6.07, 6.45) is 1.75. The molecule has 0 aromatic heterocycles. The van der Waals surface area contributed by atoms with Gasteiger partial charge in [0.1, 0.15) is 0 Å². The van der Waals surface area contributed by atoms with Crippen LogP contribution in [0.5, 0.6) is 0 Å². The predicted molar refractivity (Wildman–Crippen MR) is 60.8 cm³/mol. The Hall–Kier alpha value is -0.360. The largest absolute Gasteiger partial charge is 0.337 e. The highest BCUT2D eigenvalue weighted by atomic mass is 32.2. The molecule has 0 fully saturated rings. The summed E-state index contributed by atoms with van der Waals surface area (Å²) in [7, 11) is 0. The van der Waals surface area contributed by atoms with Gasteiger partial charge in [-0.25, -0.2) is 4.79 Å². The first-order valence-electron chi connectivity index (χ1n) is 3.95. The van der Waals surface area contributed by atoms with Crippen molar-refractivity contribution in [1.29, 1.82) is 5.41 Å². The van der Waals surface area contributed by atoms with Crippen LogP contribution < -0.4 is 10.6 Å². The highest BCUT2D eigenvalue weighted by molar-refractivity contribution is 8.13. The van der Waals surface area contributed by atoms with Gasteiger partial charge in [0.25, 0.3) is 0 Å². The molecule has 0 aromatic carbocycles. The van der Waals surface area contributed by atoms with E-state index in [-0.39, 0.29) is 11.2 Å². The van der Waals surface area contributed by atoms with E-state index in [4.69, 9.17) is 5.41 Å². The Morgan fingerprint density at radius 3 is 2.77 bits per heavy atom. The summed E-state index contributed by atoms with van der Waals surface area (Å²) in [5, 5.41) is 12.4. The molecule has 0 atom stereocenters. The van der Waals surface area contributed by atoms with Gasteiger partial charge in [-0.2, -0.15) is 11.8 Å². The van der Waals surface area contributed by atoms with E-state index < -0.39 is 0 Å². The van der Waals surface area contributed by atoms with Crippen LogP contribution in [0.2, 0.25) is 0 Å². The van der Waals surface area contributed by atoms with Crippen molar-refractivity contribution in [2.24, 2.45) is 0 Å². The Kier molecular flexibility index (Phi) is 8.02. The van der Waals surface area contributed by atoms with Gasteiger partial charge in [-0.1, -0.05) is 18.7 Å². The lowest BCUT2D eigenvalue weighted by molar-refractivity contribution is 0.246. The zero-order valence-corrected chi connectivity index (χ0v) is 9.48. The molecule has 2 amide bonds. The quantitative estimate of drug-likeness (QED) is 0.381. The molecule has 0 aromatic rings.